The average molecular weight is 422 g/mol. The predicted molar refractivity (Wildman–Crippen MR) is 109 cm³/mol. The SMILES string of the molecule is CC1Cc2ccccc2N1CCN=C(N)Nc1ccccc1.I. The number of halogens is 1. The molecule has 1 atom stereocenters. The summed E-state index contributed by atoms with van der Waals surface area (Å²) < 4.78 is 0. The molecule has 0 bridgehead atoms. The maximum absolute atomic E-state index is 5.94. The minimum atomic E-state index is 0. The molecule has 4 nitrogen and oxygen atoms in total. The summed E-state index contributed by atoms with van der Waals surface area (Å²) in [6.45, 7) is 3.83. The molecule has 23 heavy (non-hydrogen) atoms. The molecule has 0 amide bonds. The van der Waals surface area contributed by atoms with Crippen molar-refractivity contribution in [1.29, 1.82) is 0 Å². The van der Waals surface area contributed by atoms with Gasteiger partial charge in [-0.15, -0.1) is 24.0 Å². The summed E-state index contributed by atoms with van der Waals surface area (Å²) in [6, 6.07) is 19.0. The van der Waals surface area contributed by atoms with E-state index in [4.69, 9.17) is 5.73 Å². The van der Waals surface area contributed by atoms with Gasteiger partial charge in [-0.05, 0) is 37.1 Å². The van der Waals surface area contributed by atoms with Gasteiger partial charge in [0.05, 0.1) is 6.54 Å². The van der Waals surface area contributed by atoms with Gasteiger partial charge in [0, 0.05) is 24.0 Å². The second-order valence-corrected chi connectivity index (χ2v) is 5.63. The molecule has 1 heterocycles. The Balaban J connectivity index is 0.00000192. The Hall–Kier alpha value is -1.76. The van der Waals surface area contributed by atoms with Crippen LogP contribution in [0.25, 0.3) is 0 Å². The third kappa shape index (κ3) is 4.37. The minimum absolute atomic E-state index is 0. The maximum atomic E-state index is 5.94. The van der Waals surface area contributed by atoms with Crippen LogP contribution in [0.4, 0.5) is 11.4 Å². The second-order valence-electron chi connectivity index (χ2n) is 5.63. The minimum Gasteiger partial charge on any atom is -0.370 e. The summed E-state index contributed by atoms with van der Waals surface area (Å²) in [7, 11) is 0. The predicted octanol–water partition coefficient (Wildman–Crippen LogP) is 3.48. The molecular weight excluding hydrogens is 399 g/mol. The van der Waals surface area contributed by atoms with E-state index in [1.54, 1.807) is 0 Å². The van der Waals surface area contributed by atoms with Gasteiger partial charge in [-0.25, -0.2) is 0 Å². The number of fused-ring (bicyclic) bond motifs is 1. The average Bonchev–Trinajstić information content (AvgIpc) is 2.84. The van der Waals surface area contributed by atoms with E-state index in [-0.39, 0.29) is 24.0 Å². The van der Waals surface area contributed by atoms with Crippen LogP contribution in [0.5, 0.6) is 0 Å². The lowest BCUT2D eigenvalue weighted by atomic mass is 10.1. The van der Waals surface area contributed by atoms with Gasteiger partial charge in [-0.2, -0.15) is 0 Å². The summed E-state index contributed by atoms with van der Waals surface area (Å²) in [4.78, 5) is 6.84. The highest BCUT2D eigenvalue weighted by atomic mass is 127. The first kappa shape index (κ1) is 17.6. The molecule has 122 valence electrons. The van der Waals surface area contributed by atoms with E-state index >= 15 is 0 Å². The van der Waals surface area contributed by atoms with Crippen molar-refractivity contribution < 1.29 is 0 Å². The van der Waals surface area contributed by atoms with Crippen LogP contribution in [-0.4, -0.2) is 25.1 Å². The Morgan fingerprint density at radius 1 is 1.17 bits per heavy atom. The van der Waals surface area contributed by atoms with E-state index in [0.29, 0.717) is 18.5 Å². The Morgan fingerprint density at radius 2 is 1.87 bits per heavy atom. The second kappa shape index (κ2) is 8.19. The largest absolute Gasteiger partial charge is 0.370 e. The van der Waals surface area contributed by atoms with E-state index in [2.05, 4.69) is 46.4 Å². The number of nitrogens with one attached hydrogen (secondary N) is 1. The first-order valence-electron chi connectivity index (χ1n) is 7.70. The van der Waals surface area contributed by atoms with Crippen molar-refractivity contribution in [1.82, 2.24) is 0 Å². The van der Waals surface area contributed by atoms with Gasteiger partial charge in [-0.3, -0.25) is 4.99 Å². The molecule has 5 heteroatoms. The van der Waals surface area contributed by atoms with Crippen LogP contribution in [0.15, 0.2) is 59.6 Å². The van der Waals surface area contributed by atoms with Crippen LogP contribution in [0.3, 0.4) is 0 Å². The summed E-state index contributed by atoms with van der Waals surface area (Å²) in [5.74, 6) is 0.464. The maximum Gasteiger partial charge on any atom is 0.193 e. The number of nitrogens with zero attached hydrogens (tertiary/aromatic N) is 2. The van der Waals surface area contributed by atoms with E-state index in [1.165, 1.54) is 11.3 Å². The third-order valence-corrected chi connectivity index (χ3v) is 4.02. The molecule has 2 aromatic rings. The monoisotopic (exact) mass is 422 g/mol. The highest BCUT2D eigenvalue weighted by Gasteiger charge is 2.24. The van der Waals surface area contributed by atoms with Crippen LogP contribution in [0.1, 0.15) is 12.5 Å². The normalized spacial score (nSPS) is 16.7. The fourth-order valence-electron chi connectivity index (χ4n) is 2.96. The van der Waals surface area contributed by atoms with Gasteiger partial charge >= 0.3 is 0 Å². The molecule has 0 fully saturated rings. The first-order chi connectivity index (χ1) is 10.7. The van der Waals surface area contributed by atoms with Gasteiger partial charge in [0.1, 0.15) is 0 Å². The first-order valence-corrected chi connectivity index (χ1v) is 7.70. The summed E-state index contributed by atoms with van der Waals surface area (Å²) >= 11 is 0. The highest BCUT2D eigenvalue weighted by molar-refractivity contribution is 14.0. The van der Waals surface area contributed by atoms with Gasteiger partial charge in [0.2, 0.25) is 0 Å². The Morgan fingerprint density at radius 3 is 2.65 bits per heavy atom. The van der Waals surface area contributed by atoms with Crippen molar-refractivity contribution >= 4 is 41.3 Å². The molecule has 0 saturated heterocycles. The lowest BCUT2D eigenvalue weighted by Gasteiger charge is -2.24. The summed E-state index contributed by atoms with van der Waals surface area (Å²) in [5, 5.41) is 3.11. The van der Waals surface area contributed by atoms with Crippen LogP contribution in [0.2, 0.25) is 0 Å². The number of guanidine groups is 1. The van der Waals surface area contributed by atoms with Crippen molar-refractivity contribution in [3.05, 3.63) is 60.2 Å². The number of hydrogen-bond donors (Lipinski definition) is 2. The smallest absolute Gasteiger partial charge is 0.193 e. The summed E-state index contributed by atoms with van der Waals surface area (Å²) in [5.41, 5.74) is 9.66. The number of hydrogen-bond acceptors (Lipinski definition) is 2. The molecule has 0 aliphatic carbocycles. The number of rotatable bonds is 4. The number of aliphatic imine (C=N–C) groups is 1. The molecule has 3 N–H and O–H groups in total. The van der Waals surface area contributed by atoms with E-state index in [0.717, 1.165) is 18.7 Å². The Bertz CT molecular complexity index is 657. The van der Waals surface area contributed by atoms with E-state index < -0.39 is 0 Å². The molecule has 1 unspecified atom stereocenters. The third-order valence-electron chi connectivity index (χ3n) is 4.02. The van der Waals surface area contributed by atoms with Gasteiger partial charge in [-0.1, -0.05) is 36.4 Å². The molecule has 0 radical (unpaired) electrons. The number of para-hydroxylation sites is 2. The van der Waals surface area contributed by atoms with E-state index in [1.807, 2.05) is 30.3 Å². The van der Waals surface area contributed by atoms with Crippen LogP contribution < -0.4 is 16.0 Å². The molecule has 0 saturated carbocycles. The van der Waals surface area contributed by atoms with Crippen molar-refractivity contribution in [2.75, 3.05) is 23.3 Å². The fraction of sp³-hybridized carbons (Fsp3) is 0.278. The number of nitrogens with two attached hydrogens (primary N) is 1. The summed E-state index contributed by atoms with van der Waals surface area (Å²) in [6.07, 6.45) is 1.11. The van der Waals surface area contributed by atoms with E-state index in [9.17, 15) is 0 Å². The van der Waals surface area contributed by atoms with Crippen molar-refractivity contribution in [2.45, 2.75) is 19.4 Å². The van der Waals surface area contributed by atoms with Gasteiger partial charge in [0.15, 0.2) is 5.96 Å². The van der Waals surface area contributed by atoms with Crippen LogP contribution in [-0.2, 0) is 6.42 Å². The topological polar surface area (TPSA) is 53.6 Å². The Labute approximate surface area is 154 Å². The zero-order valence-corrected chi connectivity index (χ0v) is 15.6. The van der Waals surface area contributed by atoms with Crippen molar-refractivity contribution in [3.8, 4) is 0 Å². The number of benzene rings is 2. The molecule has 0 spiro atoms. The molecule has 2 aromatic carbocycles. The standard InChI is InChI=1S/C18H22N4.HI/c1-14-13-15-7-5-6-10-17(15)22(14)12-11-20-18(19)21-16-8-3-2-4-9-16;/h2-10,14H,11-13H2,1H3,(H3,19,20,21);1H. The van der Waals surface area contributed by atoms with Crippen LogP contribution in [0, 0.1) is 0 Å². The van der Waals surface area contributed by atoms with Gasteiger partial charge in [0.25, 0.3) is 0 Å². The molecular formula is C18H23IN4. The van der Waals surface area contributed by atoms with Crippen molar-refractivity contribution in [3.63, 3.8) is 0 Å². The van der Waals surface area contributed by atoms with Crippen molar-refractivity contribution in [2.24, 2.45) is 10.7 Å². The highest BCUT2D eigenvalue weighted by Crippen LogP contribution is 2.31. The zero-order valence-electron chi connectivity index (χ0n) is 13.3. The molecule has 0 aromatic heterocycles. The molecule has 1 aliphatic rings. The Kier molecular flexibility index (Phi) is 6.27. The lowest BCUT2D eigenvalue weighted by molar-refractivity contribution is 0.674. The van der Waals surface area contributed by atoms with Crippen LogP contribution >= 0.6 is 24.0 Å². The zero-order chi connectivity index (χ0) is 15.4. The van der Waals surface area contributed by atoms with Gasteiger partial charge < -0.3 is 16.0 Å². The quantitative estimate of drug-likeness (QED) is 0.451. The number of anilines is 2. The molecule has 1 aliphatic heterocycles. The molecule has 3 rings (SSSR count). The fourth-order valence-corrected chi connectivity index (χ4v) is 2.96. The lowest BCUT2D eigenvalue weighted by Crippen LogP contribution is -2.32.